The number of carbonyl (C=O) groups is 1. The highest BCUT2D eigenvalue weighted by molar-refractivity contribution is 5.81. The van der Waals surface area contributed by atoms with Gasteiger partial charge in [0.05, 0.1) is 11.1 Å². The SMILES string of the molecule is CC(=O)Oc1cccc(C)c1-c1ncc2ccccc2n1. The molecule has 0 saturated carbocycles. The van der Waals surface area contributed by atoms with Gasteiger partial charge in [-0.1, -0.05) is 30.3 Å². The number of aryl methyl sites for hydroxylation is 1. The lowest BCUT2D eigenvalue weighted by atomic mass is 10.1. The van der Waals surface area contributed by atoms with Crippen molar-refractivity contribution in [2.45, 2.75) is 13.8 Å². The first-order chi connectivity index (χ1) is 10.1. The summed E-state index contributed by atoms with van der Waals surface area (Å²) in [6.07, 6.45) is 1.78. The summed E-state index contributed by atoms with van der Waals surface area (Å²) >= 11 is 0. The van der Waals surface area contributed by atoms with Crippen LogP contribution >= 0.6 is 0 Å². The van der Waals surface area contributed by atoms with Crippen LogP contribution in [-0.4, -0.2) is 15.9 Å². The van der Waals surface area contributed by atoms with Gasteiger partial charge in [0.2, 0.25) is 0 Å². The van der Waals surface area contributed by atoms with E-state index in [1.54, 1.807) is 12.3 Å². The predicted molar refractivity (Wildman–Crippen MR) is 81.0 cm³/mol. The molecule has 0 N–H and O–H groups in total. The Bertz CT molecular complexity index is 828. The average molecular weight is 278 g/mol. The van der Waals surface area contributed by atoms with Gasteiger partial charge in [-0.2, -0.15) is 0 Å². The molecule has 1 heterocycles. The van der Waals surface area contributed by atoms with Crippen molar-refractivity contribution < 1.29 is 9.53 Å². The van der Waals surface area contributed by atoms with E-state index in [9.17, 15) is 4.79 Å². The minimum atomic E-state index is -0.359. The van der Waals surface area contributed by atoms with Crippen molar-refractivity contribution in [2.75, 3.05) is 0 Å². The summed E-state index contributed by atoms with van der Waals surface area (Å²) in [7, 11) is 0. The number of carbonyl (C=O) groups excluding carboxylic acids is 1. The Kier molecular flexibility index (Phi) is 3.36. The van der Waals surface area contributed by atoms with Crippen molar-refractivity contribution in [1.82, 2.24) is 9.97 Å². The summed E-state index contributed by atoms with van der Waals surface area (Å²) in [6, 6.07) is 13.3. The number of nitrogens with zero attached hydrogens (tertiary/aromatic N) is 2. The topological polar surface area (TPSA) is 52.1 Å². The molecule has 0 spiro atoms. The van der Waals surface area contributed by atoms with Crippen LogP contribution in [-0.2, 0) is 4.79 Å². The van der Waals surface area contributed by atoms with E-state index in [0.29, 0.717) is 11.6 Å². The fourth-order valence-corrected chi connectivity index (χ4v) is 2.26. The fraction of sp³-hybridized carbons (Fsp3) is 0.118. The van der Waals surface area contributed by atoms with Crippen LogP contribution in [0.15, 0.2) is 48.7 Å². The monoisotopic (exact) mass is 278 g/mol. The third-order valence-corrected chi connectivity index (χ3v) is 3.20. The van der Waals surface area contributed by atoms with Crippen LogP contribution in [0.4, 0.5) is 0 Å². The van der Waals surface area contributed by atoms with Crippen LogP contribution < -0.4 is 4.74 Å². The van der Waals surface area contributed by atoms with Gasteiger partial charge in [0.15, 0.2) is 5.82 Å². The Hall–Kier alpha value is -2.75. The van der Waals surface area contributed by atoms with E-state index < -0.39 is 0 Å². The van der Waals surface area contributed by atoms with E-state index >= 15 is 0 Å². The number of para-hydroxylation sites is 1. The van der Waals surface area contributed by atoms with Crippen molar-refractivity contribution in [3.05, 3.63) is 54.2 Å². The smallest absolute Gasteiger partial charge is 0.308 e. The summed E-state index contributed by atoms with van der Waals surface area (Å²) in [6.45, 7) is 3.33. The zero-order valence-electron chi connectivity index (χ0n) is 11.8. The Morgan fingerprint density at radius 1 is 1.10 bits per heavy atom. The zero-order valence-corrected chi connectivity index (χ0v) is 11.8. The Morgan fingerprint density at radius 3 is 2.71 bits per heavy atom. The minimum absolute atomic E-state index is 0.359. The van der Waals surface area contributed by atoms with Crippen molar-refractivity contribution in [1.29, 1.82) is 0 Å². The zero-order chi connectivity index (χ0) is 14.8. The van der Waals surface area contributed by atoms with Crippen LogP contribution in [0.3, 0.4) is 0 Å². The third-order valence-electron chi connectivity index (χ3n) is 3.20. The van der Waals surface area contributed by atoms with Crippen LogP contribution in [0.5, 0.6) is 5.75 Å². The van der Waals surface area contributed by atoms with Crippen molar-refractivity contribution in [3.63, 3.8) is 0 Å². The maximum absolute atomic E-state index is 11.3. The molecule has 0 unspecified atom stereocenters. The molecule has 0 bridgehead atoms. The number of aromatic nitrogens is 2. The molecule has 1 aromatic heterocycles. The van der Waals surface area contributed by atoms with E-state index in [1.807, 2.05) is 43.3 Å². The number of rotatable bonds is 2. The van der Waals surface area contributed by atoms with Gasteiger partial charge in [0, 0.05) is 18.5 Å². The number of fused-ring (bicyclic) bond motifs is 1. The molecule has 0 amide bonds. The van der Waals surface area contributed by atoms with Gasteiger partial charge in [-0.05, 0) is 24.6 Å². The minimum Gasteiger partial charge on any atom is -0.426 e. The van der Waals surface area contributed by atoms with Crippen LogP contribution in [0.2, 0.25) is 0 Å². The molecule has 0 saturated heterocycles. The van der Waals surface area contributed by atoms with Crippen molar-refractivity contribution >= 4 is 16.9 Å². The first-order valence-corrected chi connectivity index (χ1v) is 6.65. The Labute approximate surface area is 122 Å². The van der Waals surface area contributed by atoms with Crippen molar-refractivity contribution in [2.24, 2.45) is 0 Å². The molecular formula is C17H14N2O2. The van der Waals surface area contributed by atoms with Gasteiger partial charge in [0.25, 0.3) is 0 Å². The first kappa shape index (κ1) is 13.2. The molecule has 0 aliphatic rings. The maximum atomic E-state index is 11.3. The van der Waals surface area contributed by atoms with E-state index in [4.69, 9.17) is 4.74 Å². The lowest BCUT2D eigenvalue weighted by Gasteiger charge is -2.11. The third kappa shape index (κ3) is 2.60. The van der Waals surface area contributed by atoms with Gasteiger partial charge < -0.3 is 4.74 Å². The molecule has 3 aromatic rings. The number of hydrogen-bond acceptors (Lipinski definition) is 4. The summed E-state index contributed by atoms with van der Waals surface area (Å²) < 4.78 is 5.27. The number of hydrogen-bond donors (Lipinski definition) is 0. The second-order valence-electron chi connectivity index (χ2n) is 4.79. The summed E-state index contributed by atoms with van der Waals surface area (Å²) in [5, 5.41) is 0.976. The molecule has 4 heteroatoms. The normalized spacial score (nSPS) is 10.6. The van der Waals surface area contributed by atoms with Gasteiger partial charge in [-0.25, -0.2) is 9.97 Å². The van der Waals surface area contributed by atoms with Crippen LogP contribution in [0, 0.1) is 6.92 Å². The van der Waals surface area contributed by atoms with Crippen LogP contribution in [0.1, 0.15) is 12.5 Å². The molecule has 3 rings (SSSR count). The fourth-order valence-electron chi connectivity index (χ4n) is 2.26. The average Bonchev–Trinajstić information content (AvgIpc) is 2.46. The van der Waals surface area contributed by atoms with Crippen molar-refractivity contribution in [3.8, 4) is 17.1 Å². The van der Waals surface area contributed by atoms with E-state index in [2.05, 4.69) is 9.97 Å². The number of esters is 1. The second kappa shape index (κ2) is 5.32. The highest BCUT2D eigenvalue weighted by Gasteiger charge is 2.14. The summed E-state index contributed by atoms with van der Waals surface area (Å²) in [5.41, 5.74) is 2.57. The molecule has 2 aromatic carbocycles. The summed E-state index contributed by atoms with van der Waals surface area (Å²) in [5.74, 6) is 0.684. The summed E-state index contributed by atoms with van der Waals surface area (Å²) in [4.78, 5) is 20.2. The molecule has 0 fully saturated rings. The maximum Gasteiger partial charge on any atom is 0.308 e. The van der Waals surface area contributed by atoms with Gasteiger partial charge in [-0.3, -0.25) is 4.79 Å². The molecule has 0 radical (unpaired) electrons. The highest BCUT2D eigenvalue weighted by Crippen LogP contribution is 2.31. The Morgan fingerprint density at radius 2 is 1.90 bits per heavy atom. The van der Waals surface area contributed by atoms with E-state index in [0.717, 1.165) is 22.0 Å². The van der Waals surface area contributed by atoms with E-state index in [-0.39, 0.29) is 5.97 Å². The van der Waals surface area contributed by atoms with Gasteiger partial charge in [-0.15, -0.1) is 0 Å². The van der Waals surface area contributed by atoms with E-state index in [1.165, 1.54) is 6.92 Å². The molecule has 21 heavy (non-hydrogen) atoms. The Balaban J connectivity index is 2.19. The second-order valence-corrected chi connectivity index (χ2v) is 4.79. The van der Waals surface area contributed by atoms with Crippen LogP contribution in [0.25, 0.3) is 22.3 Å². The van der Waals surface area contributed by atoms with Gasteiger partial charge >= 0.3 is 5.97 Å². The standard InChI is InChI=1S/C17H14N2O2/c1-11-6-5-9-15(21-12(2)20)16(11)17-18-10-13-7-3-4-8-14(13)19-17/h3-10H,1-2H3. The molecule has 0 aliphatic carbocycles. The molecular weight excluding hydrogens is 264 g/mol. The first-order valence-electron chi connectivity index (χ1n) is 6.65. The molecule has 0 aliphatic heterocycles. The lowest BCUT2D eigenvalue weighted by Crippen LogP contribution is -2.04. The molecule has 0 atom stereocenters. The number of benzene rings is 2. The molecule has 4 nitrogen and oxygen atoms in total. The largest absolute Gasteiger partial charge is 0.426 e. The molecule has 104 valence electrons. The predicted octanol–water partition coefficient (Wildman–Crippen LogP) is 3.53. The number of ether oxygens (including phenoxy) is 1. The van der Waals surface area contributed by atoms with Gasteiger partial charge in [0.1, 0.15) is 5.75 Å². The quantitative estimate of drug-likeness (QED) is 0.531. The highest BCUT2D eigenvalue weighted by atomic mass is 16.5. The lowest BCUT2D eigenvalue weighted by molar-refractivity contribution is -0.131.